The van der Waals surface area contributed by atoms with Crippen molar-refractivity contribution in [2.45, 2.75) is 63.4 Å². The molecule has 0 radical (unpaired) electrons. The molecule has 1 N–H and O–H groups in total. The molecule has 0 spiro atoms. The van der Waals surface area contributed by atoms with E-state index in [9.17, 15) is 4.79 Å². The van der Waals surface area contributed by atoms with Gasteiger partial charge in [0.2, 0.25) is 5.91 Å². The van der Waals surface area contributed by atoms with Crippen molar-refractivity contribution in [3.63, 3.8) is 0 Å². The van der Waals surface area contributed by atoms with Crippen LogP contribution in [0.4, 0.5) is 5.82 Å². The van der Waals surface area contributed by atoms with Gasteiger partial charge in [-0.25, -0.2) is 9.97 Å². The fourth-order valence-electron chi connectivity index (χ4n) is 4.09. The molecule has 5 nitrogen and oxygen atoms in total. The molecule has 3 rings (SSSR count). The lowest BCUT2D eigenvalue weighted by molar-refractivity contribution is -0.119. The maximum atomic E-state index is 12.2. The lowest BCUT2D eigenvalue weighted by Crippen LogP contribution is -2.39. The molecule has 1 amide bonds. The minimum absolute atomic E-state index is 0.122. The highest BCUT2D eigenvalue weighted by atomic mass is 32.2. The predicted octanol–water partition coefficient (Wildman–Crippen LogP) is 3.50. The Bertz CT molecular complexity index is 566. The molecular weight excluding hydrogens is 332 g/mol. The summed E-state index contributed by atoms with van der Waals surface area (Å²) in [4.78, 5) is 23.3. The van der Waals surface area contributed by atoms with Crippen LogP contribution < -0.4 is 10.2 Å². The number of carbonyl (C=O) groups excluding carboxylic acids is 1. The SMILES string of the molecule is CC1CC(C)CN(c2cc(SCC(=O)NC3CCCCC3)ncn2)C1. The van der Waals surface area contributed by atoms with Gasteiger partial charge in [-0.05, 0) is 31.1 Å². The number of aromatic nitrogens is 2. The molecule has 0 aromatic carbocycles. The van der Waals surface area contributed by atoms with Crippen LogP contribution in [0.3, 0.4) is 0 Å². The van der Waals surface area contributed by atoms with Crippen molar-refractivity contribution in [1.82, 2.24) is 15.3 Å². The fourth-order valence-corrected chi connectivity index (χ4v) is 4.76. The van der Waals surface area contributed by atoms with E-state index in [0.29, 0.717) is 23.6 Å². The van der Waals surface area contributed by atoms with Gasteiger partial charge in [0.05, 0.1) is 5.75 Å². The van der Waals surface area contributed by atoms with Crippen molar-refractivity contribution in [1.29, 1.82) is 0 Å². The van der Waals surface area contributed by atoms with Gasteiger partial charge in [0.15, 0.2) is 0 Å². The molecule has 1 saturated carbocycles. The molecule has 2 atom stereocenters. The Morgan fingerprint density at radius 2 is 1.92 bits per heavy atom. The molecule has 1 aliphatic heterocycles. The number of hydrogen-bond acceptors (Lipinski definition) is 5. The van der Waals surface area contributed by atoms with Gasteiger partial charge in [0.25, 0.3) is 0 Å². The van der Waals surface area contributed by atoms with Gasteiger partial charge in [-0.1, -0.05) is 44.9 Å². The number of piperidine rings is 1. The Kier molecular flexibility index (Phi) is 6.57. The summed E-state index contributed by atoms with van der Waals surface area (Å²) in [6.45, 7) is 6.70. The number of carbonyl (C=O) groups is 1. The normalized spacial score (nSPS) is 25.0. The molecule has 138 valence electrons. The Balaban J connectivity index is 1.52. The fraction of sp³-hybridized carbons (Fsp3) is 0.737. The molecular formula is C19H30N4OS. The first-order valence-corrected chi connectivity index (χ1v) is 10.6. The van der Waals surface area contributed by atoms with Crippen LogP contribution >= 0.6 is 11.8 Å². The smallest absolute Gasteiger partial charge is 0.230 e. The first kappa shape index (κ1) is 18.5. The molecule has 2 heterocycles. The molecule has 2 aliphatic rings. The zero-order valence-electron chi connectivity index (χ0n) is 15.4. The van der Waals surface area contributed by atoms with Crippen LogP contribution in [0.2, 0.25) is 0 Å². The van der Waals surface area contributed by atoms with Crippen molar-refractivity contribution in [2.75, 3.05) is 23.7 Å². The summed E-state index contributed by atoms with van der Waals surface area (Å²) < 4.78 is 0. The summed E-state index contributed by atoms with van der Waals surface area (Å²) in [6, 6.07) is 2.41. The number of anilines is 1. The van der Waals surface area contributed by atoms with E-state index in [4.69, 9.17) is 0 Å². The van der Waals surface area contributed by atoms with E-state index in [0.717, 1.165) is 36.8 Å². The largest absolute Gasteiger partial charge is 0.356 e. The lowest BCUT2D eigenvalue weighted by Gasteiger charge is -2.35. The Hall–Kier alpha value is -1.30. The van der Waals surface area contributed by atoms with Gasteiger partial charge in [-0.15, -0.1) is 0 Å². The first-order valence-electron chi connectivity index (χ1n) is 9.59. The third-order valence-electron chi connectivity index (χ3n) is 5.14. The van der Waals surface area contributed by atoms with Gasteiger partial charge in [0, 0.05) is 25.2 Å². The maximum Gasteiger partial charge on any atom is 0.230 e. The van der Waals surface area contributed by atoms with Crippen LogP contribution in [0, 0.1) is 11.8 Å². The molecule has 6 heteroatoms. The monoisotopic (exact) mass is 362 g/mol. The highest BCUT2D eigenvalue weighted by Crippen LogP contribution is 2.27. The van der Waals surface area contributed by atoms with Crippen LogP contribution in [0.15, 0.2) is 17.4 Å². The highest BCUT2D eigenvalue weighted by molar-refractivity contribution is 7.99. The molecule has 1 aliphatic carbocycles. The van der Waals surface area contributed by atoms with Gasteiger partial charge in [-0.3, -0.25) is 4.79 Å². The van der Waals surface area contributed by atoms with Crippen LogP contribution in [0.5, 0.6) is 0 Å². The van der Waals surface area contributed by atoms with Crippen LogP contribution in [-0.2, 0) is 4.79 Å². The number of nitrogens with zero attached hydrogens (tertiary/aromatic N) is 3. The van der Waals surface area contributed by atoms with Crippen molar-refractivity contribution in [3.05, 3.63) is 12.4 Å². The summed E-state index contributed by atoms with van der Waals surface area (Å²) in [5.74, 6) is 2.92. The van der Waals surface area contributed by atoms with E-state index < -0.39 is 0 Å². The number of rotatable bonds is 5. The van der Waals surface area contributed by atoms with Crippen LogP contribution in [-0.4, -0.2) is 40.8 Å². The second-order valence-corrected chi connectivity index (χ2v) is 8.75. The van der Waals surface area contributed by atoms with Crippen molar-refractivity contribution in [3.8, 4) is 0 Å². The topological polar surface area (TPSA) is 58.1 Å². The molecule has 1 aromatic heterocycles. The molecule has 1 aromatic rings. The van der Waals surface area contributed by atoms with Gasteiger partial charge in [0.1, 0.15) is 17.2 Å². The average molecular weight is 363 g/mol. The zero-order chi connectivity index (χ0) is 17.6. The number of nitrogens with one attached hydrogen (secondary N) is 1. The van der Waals surface area contributed by atoms with Gasteiger partial charge >= 0.3 is 0 Å². The standard InChI is InChI=1S/C19H30N4OS/c1-14-8-15(2)11-23(10-14)17-9-19(21-13-20-17)25-12-18(24)22-16-6-4-3-5-7-16/h9,13-16H,3-8,10-12H2,1-2H3,(H,22,24). The van der Waals surface area contributed by atoms with Crippen LogP contribution in [0.1, 0.15) is 52.4 Å². The summed E-state index contributed by atoms with van der Waals surface area (Å²) in [6.07, 6.45) is 8.93. The second kappa shape index (κ2) is 8.88. The second-order valence-electron chi connectivity index (χ2n) is 7.76. The average Bonchev–Trinajstić information content (AvgIpc) is 2.60. The van der Waals surface area contributed by atoms with Crippen molar-refractivity contribution in [2.24, 2.45) is 11.8 Å². The quantitative estimate of drug-likeness (QED) is 0.642. The Morgan fingerprint density at radius 1 is 1.20 bits per heavy atom. The van der Waals surface area contributed by atoms with Gasteiger partial charge in [-0.2, -0.15) is 0 Å². The summed E-state index contributed by atoms with van der Waals surface area (Å²) in [5.41, 5.74) is 0. The minimum atomic E-state index is 0.122. The predicted molar refractivity (Wildman–Crippen MR) is 103 cm³/mol. The van der Waals surface area contributed by atoms with E-state index in [1.165, 1.54) is 37.4 Å². The lowest BCUT2D eigenvalue weighted by atomic mass is 9.92. The zero-order valence-corrected chi connectivity index (χ0v) is 16.2. The van der Waals surface area contributed by atoms with Gasteiger partial charge < -0.3 is 10.2 Å². The molecule has 25 heavy (non-hydrogen) atoms. The number of hydrogen-bond donors (Lipinski definition) is 1. The third-order valence-corrected chi connectivity index (χ3v) is 6.07. The molecule has 1 saturated heterocycles. The summed E-state index contributed by atoms with van der Waals surface area (Å²) >= 11 is 1.51. The molecule has 0 bridgehead atoms. The summed E-state index contributed by atoms with van der Waals surface area (Å²) in [7, 11) is 0. The minimum Gasteiger partial charge on any atom is -0.356 e. The highest BCUT2D eigenvalue weighted by Gasteiger charge is 2.23. The van der Waals surface area contributed by atoms with E-state index in [-0.39, 0.29) is 5.91 Å². The van der Waals surface area contributed by atoms with Crippen LogP contribution in [0.25, 0.3) is 0 Å². The van der Waals surface area contributed by atoms with Crippen molar-refractivity contribution >= 4 is 23.5 Å². The number of amides is 1. The Labute approximate surface area is 155 Å². The summed E-state index contributed by atoms with van der Waals surface area (Å²) in [5, 5.41) is 4.05. The first-order chi connectivity index (χ1) is 12.1. The van der Waals surface area contributed by atoms with E-state index in [1.54, 1.807) is 6.33 Å². The van der Waals surface area contributed by atoms with Crippen molar-refractivity contribution < 1.29 is 4.79 Å². The number of thioether (sulfide) groups is 1. The maximum absolute atomic E-state index is 12.2. The molecule has 2 unspecified atom stereocenters. The van der Waals surface area contributed by atoms with E-state index in [2.05, 4.69) is 34.0 Å². The Morgan fingerprint density at radius 3 is 2.64 bits per heavy atom. The molecule has 2 fully saturated rings. The third kappa shape index (κ3) is 5.59. The van der Waals surface area contributed by atoms with E-state index in [1.807, 2.05) is 6.07 Å². The van der Waals surface area contributed by atoms with E-state index >= 15 is 0 Å².